The fourth-order valence-corrected chi connectivity index (χ4v) is 3.15. The quantitative estimate of drug-likeness (QED) is 0.942. The number of piperazine rings is 1. The van der Waals surface area contributed by atoms with E-state index in [0.717, 1.165) is 36.7 Å². The number of amides is 2. The summed E-state index contributed by atoms with van der Waals surface area (Å²) >= 11 is 0. The lowest BCUT2D eigenvalue weighted by Crippen LogP contribution is -2.54. The van der Waals surface area contributed by atoms with Gasteiger partial charge in [-0.15, -0.1) is 0 Å². The van der Waals surface area contributed by atoms with Crippen molar-refractivity contribution in [2.24, 2.45) is 0 Å². The normalized spacial score (nSPS) is 18.6. The third-order valence-electron chi connectivity index (χ3n) is 4.40. The zero-order valence-corrected chi connectivity index (χ0v) is 14.6. The molecule has 0 radical (unpaired) electrons. The lowest BCUT2D eigenvalue weighted by molar-refractivity contribution is 0.125. The van der Waals surface area contributed by atoms with Gasteiger partial charge in [0.1, 0.15) is 5.82 Å². The minimum Gasteiger partial charge on any atom is -0.319 e. The van der Waals surface area contributed by atoms with E-state index in [1.165, 1.54) is 0 Å². The standard InChI is InChI=1S/C18H25N5O/c1-14-11-17(23(20-14)13-16-7-5-4-6-8-16)19-18(24)22-10-9-21(3)12-15(22)2/h4-8,11,15H,9-10,12-13H2,1-3H3,(H,19,24)/t15-/m0/s1. The van der Waals surface area contributed by atoms with E-state index in [4.69, 9.17) is 0 Å². The molecule has 0 bridgehead atoms. The Morgan fingerprint density at radius 1 is 1.29 bits per heavy atom. The highest BCUT2D eigenvalue weighted by Crippen LogP contribution is 2.16. The molecule has 3 rings (SSSR count). The number of aromatic nitrogens is 2. The summed E-state index contributed by atoms with van der Waals surface area (Å²) in [6.07, 6.45) is 0. The predicted octanol–water partition coefficient (Wildman–Crippen LogP) is 2.41. The number of carbonyl (C=O) groups is 1. The zero-order valence-electron chi connectivity index (χ0n) is 14.6. The molecular weight excluding hydrogens is 302 g/mol. The van der Waals surface area contributed by atoms with E-state index in [1.807, 2.05) is 40.8 Å². The second-order valence-corrected chi connectivity index (χ2v) is 6.55. The number of anilines is 1. The molecule has 1 fully saturated rings. The maximum atomic E-state index is 12.7. The Morgan fingerprint density at radius 3 is 2.75 bits per heavy atom. The lowest BCUT2D eigenvalue weighted by Gasteiger charge is -2.38. The molecule has 2 heterocycles. The van der Waals surface area contributed by atoms with Crippen LogP contribution in [0.25, 0.3) is 0 Å². The van der Waals surface area contributed by atoms with Gasteiger partial charge in [-0.05, 0) is 26.5 Å². The summed E-state index contributed by atoms with van der Waals surface area (Å²) in [5.74, 6) is 0.743. The van der Waals surface area contributed by atoms with Crippen molar-refractivity contribution in [1.82, 2.24) is 19.6 Å². The van der Waals surface area contributed by atoms with E-state index < -0.39 is 0 Å². The molecule has 6 heteroatoms. The van der Waals surface area contributed by atoms with Crippen LogP contribution in [0.15, 0.2) is 36.4 Å². The molecule has 1 aliphatic heterocycles. The molecule has 6 nitrogen and oxygen atoms in total. The molecular formula is C18H25N5O. The molecule has 2 aromatic rings. The highest BCUT2D eigenvalue weighted by Gasteiger charge is 2.26. The number of hydrogen-bond donors (Lipinski definition) is 1. The first-order valence-corrected chi connectivity index (χ1v) is 8.37. The fraction of sp³-hybridized carbons (Fsp3) is 0.444. The highest BCUT2D eigenvalue weighted by atomic mass is 16.2. The summed E-state index contributed by atoms with van der Waals surface area (Å²) in [5.41, 5.74) is 2.05. The number of likely N-dealkylation sites (N-methyl/N-ethyl adjacent to an activating group) is 1. The van der Waals surface area contributed by atoms with Crippen LogP contribution in [0.4, 0.5) is 10.6 Å². The van der Waals surface area contributed by atoms with Crippen LogP contribution in [-0.4, -0.2) is 58.3 Å². The Morgan fingerprint density at radius 2 is 2.04 bits per heavy atom. The molecule has 2 amide bonds. The minimum atomic E-state index is -0.0511. The molecule has 1 N–H and O–H groups in total. The number of rotatable bonds is 3. The summed E-state index contributed by atoms with van der Waals surface area (Å²) in [6.45, 7) is 7.21. The topological polar surface area (TPSA) is 53.4 Å². The molecule has 0 saturated carbocycles. The lowest BCUT2D eigenvalue weighted by atomic mass is 10.2. The predicted molar refractivity (Wildman–Crippen MR) is 95.2 cm³/mol. The Hall–Kier alpha value is -2.34. The smallest absolute Gasteiger partial charge is 0.319 e. The third kappa shape index (κ3) is 3.76. The average molecular weight is 327 g/mol. The average Bonchev–Trinajstić information content (AvgIpc) is 2.87. The minimum absolute atomic E-state index is 0.0511. The van der Waals surface area contributed by atoms with Gasteiger partial charge in [0, 0.05) is 31.7 Å². The van der Waals surface area contributed by atoms with Gasteiger partial charge in [0.05, 0.1) is 12.2 Å². The first-order valence-electron chi connectivity index (χ1n) is 8.37. The van der Waals surface area contributed by atoms with Gasteiger partial charge in [0.2, 0.25) is 0 Å². The van der Waals surface area contributed by atoms with Gasteiger partial charge in [0.25, 0.3) is 0 Å². The van der Waals surface area contributed by atoms with Crippen LogP contribution in [0.2, 0.25) is 0 Å². The van der Waals surface area contributed by atoms with Crippen molar-refractivity contribution in [1.29, 1.82) is 0 Å². The van der Waals surface area contributed by atoms with Crippen molar-refractivity contribution in [3.63, 3.8) is 0 Å². The number of nitrogens with zero attached hydrogens (tertiary/aromatic N) is 4. The molecule has 0 unspecified atom stereocenters. The molecule has 0 spiro atoms. The van der Waals surface area contributed by atoms with Crippen molar-refractivity contribution in [3.8, 4) is 0 Å². The number of nitrogens with one attached hydrogen (secondary N) is 1. The summed E-state index contributed by atoms with van der Waals surface area (Å²) < 4.78 is 1.85. The van der Waals surface area contributed by atoms with Gasteiger partial charge >= 0.3 is 6.03 Å². The molecule has 1 saturated heterocycles. The van der Waals surface area contributed by atoms with Crippen LogP contribution in [0.5, 0.6) is 0 Å². The van der Waals surface area contributed by atoms with E-state index in [9.17, 15) is 4.79 Å². The number of aryl methyl sites for hydroxylation is 1. The van der Waals surface area contributed by atoms with Crippen LogP contribution < -0.4 is 5.32 Å². The third-order valence-corrected chi connectivity index (χ3v) is 4.40. The summed E-state index contributed by atoms with van der Waals surface area (Å²) in [7, 11) is 2.09. The first-order chi connectivity index (χ1) is 11.5. The fourth-order valence-electron chi connectivity index (χ4n) is 3.15. The Bertz CT molecular complexity index is 697. The summed E-state index contributed by atoms with van der Waals surface area (Å²) in [4.78, 5) is 16.8. The molecule has 1 atom stereocenters. The van der Waals surface area contributed by atoms with E-state index in [-0.39, 0.29) is 12.1 Å². The highest BCUT2D eigenvalue weighted by molar-refractivity contribution is 5.88. The van der Waals surface area contributed by atoms with Gasteiger partial charge in [0.15, 0.2) is 0 Å². The molecule has 1 aliphatic rings. The summed E-state index contributed by atoms with van der Waals surface area (Å²) in [5, 5.41) is 7.55. The van der Waals surface area contributed by atoms with Gasteiger partial charge < -0.3 is 9.80 Å². The zero-order chi connectivity index (χ0) is 17.1. The van der Waals surface area contributed by atoms with Gasteiger partial charge in [-0.1, -0.05) is 30.3 Å². The van der Waals surface area contributed by atoms with Crippen molar-refractivity contribution in [3.05, 3.63) is 47.7 Å². The van der Waals surface area contributed by atoms with Crippen molar-refractivity contribution in [2.75, 3.05) is 32.0 Å². The van der Waals surface area contributed by atoms with Crippen molar-refractivity contribution in [2.45, 2.75) is 26.4 Å². The van der Waals surface area contributed by atoms with Crippen molar-refractivity contribution >= 4 is 11.8 Å². The van der Waals surface area contributed by atoms with E-state index in [1.54, 1.807) is 0 Å². The van der Waals surface area contributed by atoms with Crippen LogP contribution in [0, 0.1) is 6.92 Å². The SMILES string of the molecule is Cc1cc(NC(=O)N2CCN(C)C[C@@H]2C)n(Cc2ccccc2)n1. The van der Waals surface area contributed by atoms with Crippen molar-refractivity contribution < 1.29 is 4.79 Å². The Kier molecular flexibility index (Phi) is 4.85. The Balaban J connectivity index is 1.72. The van der Waals surface area contributed by atoms with Gasteiger partial charge in [-0.3, -0.25) is 5.32 Å². The number of urea groups is 1. The maximum Gasteiger partial charge on any atom is 0.323 e. The monoisotopic (exact) mass is 327 g/mol. The summed E-state index contributed by atoms with van der Waals surface area (Å²) in [6, 6.07) is 12.2. The second-order valence-electron chi connectivity index (χ2n) is 6.55. The number of carbonyl (C=O) groups excluding carboxylic acids is 1. The molecule has 1 aromatic carbocycles. The van der Waals surface area contributed by atoms with Gasteiger partial charge in [-0.2, -0.15) is 5.10 Å². The van der Waals surface area contributed by atoms with E-state index in [2.05, 4.69) is 41.4 Å². The number of hydrogen-bond acceptors (Lipinski definition) is 3. The maximum absolute atomic E-state index is 12.7. The van der Waals surface area contributed by atoms with E-state index in [0.29, 0.717) is 6.54 Å². The van der Waals surface area contributed by atoms with Crippen LogP contribution in [0.3, 0.4) is 0 Å². The molecule has 128 valence electrons. The molecule has 24 heavy (non-hydrogen) atoms. The van der Waals surface area contributed by atoms with Crippen LogP contribution in [0.1, 0.15) is 18.2 Å². The van der Waals surface area contributed by atoms with E-state index >= 15 is 0 Å². The number of benzene rings is 1. The largest absolute Gasteiger partial charge is 0.323 e. The first kappa shape index (κ1) is 16.5. The Labute approximate surface area is 143 Å². The second kappa shape index (κ2) is 7.05. The van der Waals surface area contributed by atoms with Crippen LogP contribution >= 0.6 is 0 Å². The molecule has 0 aliphatic carbocycles. The van der Waals surface area contributed by atoms with Gasteiger partial charge in [-0.25, -0.2) is 9.48 Å². The van der Waals surface area contributed by atoms with Crippen LogP contribution in [-0.2, 0) is 6.54 Å². The molecule has 1 aromatic heterocycles.